The van der Waals surface area contributed by atoms with Gasteiger partial charge in [-0.15, -0.1) is 5.10 Å². The number of imidazole rings is 1. The zero-order valence-electron chi connectivity index (χ0n) is 10.7. The zero-order valence-corrected chi connectivity index (χ0v) is 10.7. The van der Waals surface area contributed by atoms with Crippen LogP contribution < -0.4 is 10.6 Å². The van der Waals surface area contributed by atoms with Crippen LogP contribution in [0.2, 0.25) is 0 Å². The molecule has 1 aliphatic heterocycles. The molecule has 3 aromatic rings. The molecular formula is C11H13N9. The van der Waals surface area contributed by atoms with Crippen LogP contribution in [-0.2, 0) is 0 Å². The lowest BCUT2D eigenvalue weighted by Gasteiger charge is -2.10. The van der Waals surface area contributed by atoms with Crippen molar-refractivity contribution in [2.45, 2.75) is 12.8 Å². The van der Waals surface area contributed by atoms with Gasteiger partial charge in [0.15, 0.2) is 11.5 Å². The maximum absolute atomic E-state index is 5.97. The number of nitrogens with one attached hydrogen (secondary N) is 1. The normalized spacial score (nSPS) is 15.3. The highest BCUT2D eigenvalue weighted by Crippen LogP contribution is 2.21. The summed E-state index contributed by atoms with van der Waals surface area (Å²) >= 11 is 0. The lowest BCUT2D eigenvalue weighted by atomic mass is 10.4. The van der Waals surface area contributed by atoms with Gasteiger partial charge in [-0.1, -0.05) is 0 Å². The van der Waals surface area contributed by atoms with Crippen molar-refractivity contribution >= 4 is 23.1 Å². The van der Waals surface area contributed by atoms with Crippen LogP contribution in [0.1, 0.15) is 12.8 Å². The van der Waals surface area contributed by atoms with E-state index in [0.717, 1.165) is 25.9 Å². The molecule has 1 aliphatic rings. The number of anilines is 2. The minimum Gasteiger partial charge on any atom is -0.368 e. The van der Waals surface area contributed by atoms with Crippen LogP contribution >= 0.6 is 0 Å². The van der Waals surface area contributed by atoms with Gasteiger partial charge < -0.3 is 15.6 Å². The molecule has 0 radical (unpaired) electrons. The fraction of sp³-hybridized carbons (Fsp3) is 0.364. The Morgan fingerprint density at radius 2 is 2.00 bits per heavy atom. The van der Waals surface area contributed by atoms with Crippen molar-refractivity contribution in [1.29, 1.82) is 0 Å². The van der Waals surface area contributed by atoms with Gasteiger partial charge in [0.05, 0.1) is 6.33 Å². The van der Waals surface area contributed by atoms with E-state index in [2.05, 4.69) is 34.9 Å². The smallest absolute Gasteiger partial charge is 0.247 e. The topological polar surface area (TPSA) is 114 Å². The summed E-state index contributed by atoms with van der Waals surface area (Å²) in [6.07, 6.45) is 5.33. The van der Waals surface area contributed by atoms with E-state index in [1.807, 2.05) is 0 Å². The summed E-state index contributed by atoms with van der Waals surface area (Å²) in [4.78, 5) is 21.8. The van der Waals surface area contributed by atoms with Crippen LogP contribution in [0.25, 0.3) is 17.0 Å². The second-order valence-corrected chi connectivity index (χ2v) is 4.67. The summed E-state index contributed by atoms with van der Waals surface area (Å²) in [6.45, 7) is 1.93. The third-order valence-corrected chi connectivity index (χ3v) is 3.41. The van der Waals surface area contributed by atoms with Crippen LogP contribution in [0.15, 0.2) is 12.7 Å². The minimum atomic E-state index is 0.307. The second-order valence-electron chi connectivity index (χ2n) is 4.67. The van der Waals surface area contributed by atoms with Crippen molar-refractivity contribution in [3.05, 3.63) is 12.7 Å². The predicted molar refractivity (Wildman–Crippen MR) is 72.5 cm³/mol. The van der Waals surface area contributed by atoms with E-state index in [0.29, 0.717) is 28.9 Å². The fourth-order valence-corrected chi connectivity index (χ4v) is 2.43. The van der Waals surface area contributed by atoms with E-state index >= 15 is 0 Å². The summed E-state index contributed by atoms with van der Waals surface area (Å²) in [5.74, 6) is 1.51. The second kappa shape index (κ2) is 4.15. The number of nitrogens with zero attached hydrogens (tertiary/aromatic N) is 7. The van der Waals surface area contributed by atoms with Crippen molar-refractivity contribution in [3.63, 3.8) is 0 Å². The molecule has 3 N–H and O–H groups in total. The van der Waals surface area contributed by atoms with Crippen LogP contribution in [0.3, 0.4) is 0 Å². The first-order valence-electron chi connectivity index (χ1n) is 6.45. The van der Waals surface area contributed by atoms with Gasteiger partial charge in [-0.3, -0.25) is 0 Å². The van der Waals surface area contributed by atoms with Crippen molar-refractivity contribution in [3.8, 4) is 5.82 Å². The third-order valence-electron chi connectivity index (χ3n) is 3.41. The lowest BCUT2D eigenvalue weighted by Crippen LogP contribution is -2.19. The summed E-state index contributed by atoms with van der Waals surface area (Å²) in [7, 11) is 0. The highest BCUT2D eigenvalue weighted by Gasteiger charge is 2.20. The molecule has 0 atom stereocenters. The van der Waals surface area contributed by atoms with Gasteiger partial charge in [-0.05, 0) is 12.8 Å². The molecule has 1 fully saturated rings. The molecule has 9 nitrogen and oxygen atoms in total. The average molecular weight is 271 g/mol. The van der Waals surface area contributed by atoms with Gasteiger partial charge in [0.2, 0.25) is 11.9 Å². The van der Waals surface area contributed by atoms with Crippen molar-refractivity contribution in [2.75, 3.05) is 23.7 Å². The van der Waals surface area contributed by atoms with E-state index in [1.54, 1.807) is 6.33 Å². The van der Waals surface area contributed by atoms with Gasteiger partial charge >= 0.3 is 0 Å². The molecule has 0 aromatic carbocycles. The summed E-state index contributed by atoms with van der Waals surface area (Å²) in [5.41, 5.74) is 7.24. The minimum absolute atomic E-state index is 0.307. The molecule has 0 aliphatic carbocycles. The molecule has 0 amide bonds. The molecule has 0 bridgehead atoms. The van der Waals surface area contributed by atoms with Crippen molar-refractivity contribution < 1.29 is 0 Å². The Balaban J connectivity index is 1.83. The maximum atomic E-state index is 5.97. The monoisotopic (exact) mass is 271 g/mol. The highest BCUT2D eigenvalue weighted by molar-refractivity contribution is 5.77. The Kier molecular flexibility index (Phi) is 2.31. The molecule has 9 heteroatoms. The number of fused-ring (bicyclic) bond motifs is 1. The van der Waals surface area contributed by atoms with Gasteiger partial charge in [-0.25, -0.2) is 15.0 Å². The number of hydrogen-bond acceptors (Lipinski definition) is 7. The lowest BCUT2D eigenvalue weighted by molar-refractivity contribution is 0.829. The van der Waals surface area contributed by atoms with Gasteiger partial charge in [0.25, 0.3) is 0 Å². The van der Waals surface area contributed by atoms with Crippen molar-refractivity contribution in [1.82, 2.24) is 34.7 Å². The first-order chi connectivity index (χ1) is 9.83. The van der Waals surface area contributed by atoms with Crippen LogP contribution in [0, 0.1) is 0 Å². The molecule has 20 heavy (non-hydrogen) atoms. The van der Waals surface area contributed by atoms with E-state index in [-0.39, 0.29) is 0 Å². The summed E-state index contributed by atoms with van der Waals surface area (Å²) in [6, 6.07) is 0. The number of H-pyrrole nitrogens is 1. The van der Waals surface area contributed by atoms with Crippen LogP contribution in [0.4, 0.5) is 11.9 Å². The van der Waals surface area contributed by atoms with Gasteiger partial charge in [-0.2, -0.15) is 9.67 Å². The third kappa shape index (κ3) is 1.59. The van der Waals surface area contributed by atoms with E-state index in [1.165, 1.54) is 11.0 Å². The molecule has 0 unspecified atom stereocenters. The van der Waals surface area contributed by atoms with Gasteiger partial charge in [0.1, 0.15) is 11.8 Å². The molecule has 0 saturated carbocycles. The Hall–Kier alpha value is -2.71. The van der Waals surface area contributed by atoms with E-state index in [9.17, 15) is 0 Å². The fourth-order valence-electron chi connectivity index (χ4n) is 2.43. The van der Waals surface area contributed by atoms with Crippen LogP contribution in [0.5, 0.6) is 0 Å². The maximum Gasteiger partial charge on any atom is 0.247 e. The first kappa shape index (κ1) is 11.1. The van der Waals surface area contributed by atoms with E-state index in [4.69, 9.17) is 5.73 Å². The Morgan fingerprint density at radius 1 is 1.15 bits per heavy atom. The number of rotatable bonds is 2. The Bertz CT molecular complexity index is 752. The molecule has 102 valence electrons. The Morgan fingerprint density at radius 3 is 2.85 bits per heavy atom. The molecule has 4 heterocycles. The molecule has 0 spiro atoms. The van der Waals surface area contributed by atoms with Crippen LogP contribution in [-0.4, -0.2) is 47.8 Å². The Labute approximate surface area is 113 Å². The molecule has 3 aromatic heterocycles. The average Bonchev–Trinajstić information content (AvgIpc) is 3.18. The number of nitrogens with two attached hydrogens (primary N) is 1. The largest absolute Gasteiger partial charge is 0.368 e. The zero-order chi connectivity index (χ0) is 13.5. The number of hydrogen-bond donors (Lipinski definition) is 2. The van der Waals surface area contributed by atoms with Crippen molar-refractivity contribution in [2.24, 2.45) is 0 Å². The van der Waals surface area contributed by atoms with E-state index < -0.39 is 0 Å². The molecular weight excluding hydrogens is 258 g/mol. The predicted octanol–water partition coefficient (Wildman–Crippen LogP) is 0.116. The number of aromatic amines is 1. The molecule has 4 rings (SSSR count). The standard InChI is InChI=1S/C11H13N9/c12-10-17-11(19-3-1-2-4-19)18-20(10)9-7-8(14-5-13-7)15-6-16-9/h5-6H,1-4H2,(H2,12,17,18)(H,13,14,15,16). The quantitative estimate of drug-likeness (QED) is 0.680. The SMILES string of the molecule is Nc1nc(N2CCCC2)nn1-c1ncnc2nc[nH]c12. The summed E-state index contributed by atoms with van der Waals surface area (Å²) in [5, 5.41) is 4.46. The summed E-state index contributed by atoms with van der Waals surface area (Å²) < 4.78 is 1.52. The first-order valence-corrected chi connectivity index (χ1v) is 6.45. The highest BCUT2D eigenvalue weighted by atomic mass is 15.5. The number of nitrogen functional groups attached to an aromatic ring is 1. The van der Waals surface area contributed by atoms with Gasteiger partial charge in [0, 0.05) is 13.1 Å². The number of aromatic nitrogens is 7. The molecule has 1 saturated heterocycles.